The summed E-state index contributed by atoms with van der Waals surface area (Å²) in [6, 6.07) is 13.7. The Hall–Kier alpha value is -2.89. The van der Waals surface area contributed by atoms with Crippen LogP contribution < -0.4 is 10.1 Å². The van der Waals surface area contributed by atoms with Gasteiger partial charge in [-0.2, -0.15) is 0 Å². The van der Waals surface area contributed by atoms with Crippen LogP contribution in [-0.2, 0) is 16.1 Å². The first-order chi connectivity index (χ1) is 12.5. The summed E-state index contributed by atoms with van der Waals surface area (Å²) >= 11 is 0. The third-order valence-corrected chi connectivity index (χ3v) is 3.86. The van der Waals surface area contributed by atoms with Crippen molar-refractivity contribution in [3.05, 3.63) is 65.5 Å². The Morgan fingerprint density at radius 1 is 1.12 bits per heavy atom. The molecule has 0 heterocycles. The number of nitrogens with zero attached hydrogens (tertiary/aromatic N) is 1. The number of ether oxygens (including phenoxy) is 1. The number of nitrogens with one attached hydrogen (secondary N) is 1. The van der Waals surface area contributed by atoms with Crippen molar-refractivity contribution in [3.8, 4) is 5.75 Å². The molecule has 2 aromatic carbocycles. The number of hydrogen-bond acceptors (Lipinski definition) is 3. The predicted molar refractivity (Wildman–Crippen MR) is 97.2 cm³/mol. The highest BCUT2D eigenvalue weighted by molar-refractivity contribution is 5.77. The van der Waals surface area contributed by atoms with E-state index in [0.717, 1.165) is 5.56 Å². The molecule has 0 bridgehead atoms. The molecule has 0 saturated carbocycles. The highest BCUT2D eigenvalue weighted by atomic mass is 19.1. The Morgan fingerprint density at radius 3 is 2.46 bits per heavy atom. The van der Waals surface area contributed by atoms with Gasteiger partial charge < -0.3 is 15.0 Å². The Morgan fingerprint density at radius 2 is 1.81 bits per heavy atom. The van der Waals surface area contributed by atoms with Gasteiger partial charge in [-0.05, 0) is 25.1 Å². The molecule has 0 unspecified atom stereocenters. The summed E-state index contributed by atoms with van der Waals surface area (Å²) in [5.74, 6) is -0.191. The van der Waals surface area contributed by atoms with Crippen molar-refractivity contribution in [1.82, 2.24) is 10.2 Å². The fourth-order valence-electron chi connectivity index (χ4n) is 2.34. The van der Waals surface area contributed by atoms with E-state index in [0.29, 0.717) is 17.9 Å². The molecule has 0 atom stereocenters. The van der Waals surface area contributed by atoms with E-state index in [-0.39, 0.29) is 37.3 Å². The summed E-state index contributed by atoms with van der Waals surface area (Å²) in [6.07, 6.45) is 0. The fraction of sp³-hybridized carbons (Fsp3) is 0.300. The third-order valence-electron chi connectivity index (χ3n) is 3.86. The maximum Gasteiger partial charge on any atom is 0.258 e. The van der Waals surface area contributed by atoms with Crippen molar-refractivity contribution in [2.45, 2.75) is 20.4 Å². The van der Waals surface area contributed by atoms with Crippen LogP contribution in [0.25, 0.3) is 0 Å². The van der Waals surface area contributed by atoms with E-state index < -0.39 is 0 Å². The number of rotatable bonds is 8. The van der Waals surface area contributed by atoms with Gasteiger partial charge in [-0.25, -0.2) is 4.39 Å². The van der Waals surface area contributed by atoms with Gasteiger partial charge in [0.1, 0.15) is 11.6 Å². The van der Waals surface area contributed by atoms with Gasteiger partial charge >= 0.3 is 0 Å². The van der Waals surface area contributed by atoms with Crippen LogP contribution in [-0.4, -0.2) is 36.4 Å². The highest BCUT2D eigenvalue weighted by Crippen LogP contribution is 2.11. The molecular formula is C20H23FN2O3. The van der Waals surface area contributed by atoms with E-state index in [1.54, 1.807) is 30.3 Å². The maximum absolute atomic E-state index is 13.7. The molecule has 26 heavy (non-hydrogen) atoms. The molecule has 0 fully saturated rings. The molecule has 1 N–H and O–H groups in total. The van der Waals surface area contributed by atoms with Crippen molar-refractivity contribution >= 4 is 11.8 Å². The van der Waals surface area contributed by atoms with Gasteiger partial charge in [0.15, 0.2) is 6.61 Å². The molecule has 2 aromatic rings. The smallest absolute Gasteiger partial charge is 0.258 e. The second-order valence-corrected chi connectivity index (χ2v) is 5.98. The average Bonchev–Trinajstić information content (AvgIpc) is 2.62. The van der Waals surface area contributed by atoms with Crippen molar-refractivity contribution in [3.63, 3.8) is 0 Å². The Bertz CT molecular complexity index is 747. The fourth-order valence-corrected chi connectivity index (χ4v) is 2.34. The molecule has 138 valence electrons. The van der Waals surface area contributed by atoms with E-state index in [9.17, 15) is 14.0 Å². The summed E-state index contributed by atoms with van der Waals surface area (Å²) in [7, 11) is 0. The van der Waals surface area contributed by atoms with Crippen LogP contribution >= 0.6 is 0 Å². The number of carbonyl (C=O) groups is 2. The van der Waals surface area contributed by atoms with Crippen LogP contribution in [0.3, 0.4) is 0 Å². The van der Waals surface area contributed by atoms with Crippen molar-refractivity contribution in [1.29, 1.82) is 0 Å². The average molecular weight is 358 g/mol. The molecule has 6 heteroatoms. The molecule has 0 spiro atoms. The maximum atomic E-state index is 13.7. The molecule has 0 aliphatic rings. The zero-order valence-corrected chi connectivity index (χ0v) is 15.0. The van der Waals surface area contributed by atoms with Crippen LogP contribution in [0.1, 0.15) is 18.1 Å². The van der Waals surface area contributed by atoms with Gasteiger partial charge in [0.05, 0.1) is 0 Å². The van der Waals surface area contributed by atoms with Gasteiger partial charge in [-0.1, -0.05) is 35.9 Å². The van der Waals surface area contributed by atoms with E-state index in [1.165, 1.54) is 17.9 Å². The second kappa shape index (κ2) is 9.56. The van der Waals surface area contributed by atoms with E-state index in [1.807, 2.05) is 19.1 Å². The predicted octanol–water partition coefficient (Wildman–Crippen LogP) is 2.68. The number of halogens is 1. The largest absolute Gasteiger partial charge is 0.484 e. The standard InChI is InChI=1S/C20H23FN2O3/c1-15-7-9-18(10-8-15)26-14-20(25)22-11-12-23(16(2)24)13-17-5-3-4-6-19(17)21/h3-10H,11-14H2,1-2H3,(H,22,25). The van der Waals surface area contributed by atoms with Gasteiger partial charge in [0.2, 0.25) is 5.91 Å². The summed E-state index contributed by atoms with van der Waals surface area (Å²) < 4.78 is 19.1. The van der Waals surface area contributed by atoms with Crippen LogP contribution in [0.4, 0.5) is 4.39 Å². The van der Waals surface area contributed by atoms with Gasteiger partial charge in [0.25, 0.3) is 5.91 Å². The first-order valence-electron chi connectivity index (χ1n) is 8.41. The van der Waals surface area contributed by atoms with Crippen molar-refractivity contribution in [2.24, 2.45) is 0 Å². The second-order valence-electron chi connectivity index (χ2n) is 5.98. The van der Waals surface area contributed by atoms with E-state index in [2.05, 4.69) is 5.32 Å². The summed E-state index contributed by atoms with van der Waals surface area (Å²) in [5, 5.41) is 2.70. The monoisotopic (exact) mass is 358 g/mol. The van der Waals surface area contributed by atoms with Gasteiger partial charge in [-0.3, -0.25) is 9.59 Å². The Labute approximate surface area is 152 Å². The topological polar surface area (TPSA) is 58.6 Å². The lowest BCUT2D eigenvalue weighted by molar-refractivity contribution is -0.130. The first-order valence-corrected chi connectivity index (χ1v) is 8.41. The zero-order chi connectivity index (χ0) is 18.9. The molecule has 2 amide bonds. The lowest BCUT2D eigenvalue weighted by Crippen LogP contribution is -2.38. The van der Waals surface area contributed by atoms with Gasteiger partial charge in [0, 0.05) is 32.1 Å². The quantitative estimate of drug-likeness (QED) is 0.789. The normalized spacial score (nSPS) is 10.3. The SMILES string of the molecule is CC(=O)N(CCNC(=O)COc1ccc(C)cc1)Cc1ccccc1F. The minimum Gasteiger partial charge on any atom is -0.484 e. The molecule has 5 nitrogen and oxygen atoms in total. The van der Waals surface area contributed by atoms with Gasteiger partial charge in [-0.15, -0.1) is 0 Å². The third kappa shape index (κ3) is 6.20. The van der Waals surface area contributed by atoms with Crippen LogP contribution in [0.2, 0.25) is 0 Å². The zero-order valence-electron chi connectivity index (χ0n) is 15.0. The molecule has 0 radical (unpaired) electrons. The number of aryl methyl sites for hydroxylation is 1. The molecule has 0 saturated heterocycles. The summed E-state index contributed by atoms with van der Waals surface area (Å²) in [4.78, 5) is 25.1. The molecular weight excluding hydrogens is 335 g/mol. The summed E-state index contributed by atoms with van der Waals surface area (Å²) in [6.45, 7) is 4.01. The van der Waals surface area contributed by atoms with Crippen LogP contribution in [0.15, 0.2) is 48.5 Å². The molecule has 2 rings (SSSR count). The van der Waals surface area contributed by atoms with Crippen LogP contribution in [0.5, 0.6) is 5.75 Å². The number of hydrogen-bond donors (Lipinski definition) is 1. The van der Waals surface area contributed by atoms with Crippen molar-refractivity contribution < 1.29 is 18.7 Å². The molecule has 0 aromatic heterocycles. The number of benzene rings is 2. The molecule has 0 aliphatic carbocycles. The minimum absolute atomic E-state index is 0.101. The van der Waals surface area contributed by atoms with E-state index >= 15 is 0 Å². The van der Waals surface area contributed by atoms with Crippen LogP contribution in [0, 0.1) is 12.7 Å². The van der Waals surface area contributed by atoms with Crippen molar-refractivity contribution in [2.75, 3.05) is 19.7 Å². The summed E-state index contributed by atoms with van der Waals surface area (Å²) in [5.41, 5.74) is 1.55. The number of amides is 2. The number of carbonyl (C=O) groups excluding carboxylic acids is 2. The van der Waals surface area contributed by atoms with E-state index in [4.69, 9.17) is 4.74 Å². The lowest BCUT2D eigenvalue weighted by atomic mass is 10.2. The first kappa shape index (κ1) is 19.4. The Kier molecular flexibility index (Phi) is 7.14. The minimum atomic E-state index is -0.353. The molecule has 0 aliphatic heterocycles. The lowest BCUT2D eigenvalue weighted by Gasteiger charge is -2.21. The Balaban J connectivity index is 1.76. The highest BCUT2D eigenvalue weighted by Gasteiger charge is 2.12.